The van der Waals surface area contributed by atoms with Crippen molar-refractivity contribution in [2.75, 3.05) is 19.6 Å². The van der Waals surface area contributed by atoms with Crippen LogP contribution in [0.1, 0.15) is 54.9 Å². The van der Waals surface area contributed by atoms with Crippen LogP contribution in [-0.2, 0) is 23.1 Å². The molecule has 1 saturated heterocycles. The molecule has 40 heavy (non-hydrogen) atoms. The van der Waals surface area contributed by atoms with Gasteiger partial charge in [-0.3, -0.25) is 4.99 Å². The zero-order chi connectivity index (χ0) is 28.3. The Morgan fingerprint density at radius 3 is 2.42 bits per heavy atom. The Morgan fingerprint density at radius 1 is 1.07 bits per heavy atom. The molecule has 2 aromatic rings. The van der Waals surface area contributed by atoms with E-state index in [1.807, 2.05) is 12.1 Å². The van der Waals surface area contributed by atoms with E-state index in [-0.39, 0.29) is 18.4 Å². The van der Waals surface area contributed by atoms with E-state index in [0.717, 1.165) is 54.6 Å². The fourth-order valence-electron chi connectivity index (χ4n) is 7.38. The van der Waals surface area contributed by atoms with Crippen LogP contribution >= 0.6 is 11.6 Å². The molecule has 0 radical (unpaired) electrons. The molecule has 0 amide bonds. The summed E-state index contributed by atoms with van der Waals surface area (Å²) < 4.78 is 66.7. The van der Waals surface area contributed by atoms with Crippen LogP contribution in [0.5, 0.6) is 0 Å². The number of rotatable bonds is 4. The van der Waals surface area contributed by atoms with Crippen molar-refractivity contribution in [2.24, 2.45) is 22.7 Å². The monoisotopic (exact) mass is 592 g/mol. The molecular weight excluding hydrogens is 559 g/mol. The molecule has 2 unspecified atom stereocenters. The number of aliphatic imine (C=N–C) groups is 1. The van der Waals surface area contributed by atoms with Gasteiger partial charge in [0.2, 0.25) is 0 Å². The van der Waals surface area contributed by atoms with Crippen LogP contribution in [0.4, 0.5) is 13.2 Å². The molecule has 0 aromatic heterocycles. The van der Waals surface area contributed by atoms with Crippen molar-refractivity contribution < 1.29 is 21.6 Å². The lowest BCUT2D eigenvalue weighted by atomic mass is 9.79. The number of nitrogens with zero attached hydrogens (tertiary/aromatic N) is 2. The highest BCUT2D eigenvalue weighted by atomic mass is 35.5. The minimum atomic E-state index is -4.55. The van der Waals surface area contributed by atoms with Crippen molar-refractivity contribution in [3.05, 3.63) is 75.8 Å². The molecule has 1 spiro atoms. The molecule has 2 bridgehead atoms. The first kappa shape index (κ1) is 27.9. The topological polar surface area (TPSA) is 66.1 Å². The fourth-order valence-corrected chi connectivity index (χ4v) is 9.24. The molecule has 5 nitrogen and oxygen atoms in total. The Balaban J connectivity index is 1.32. The molecule has 4 aliphatic rings. The van der Waals surface area contributed by atoms with Gasteiger partial charge < -0.3 is 0 Å². The first-order valence-electron chi connectivity index (χ1n) is 14.0. The summed E-state index contributed by atoms with van der Waals surface area (Å²) >= 11 is 6.15. The number of hydrogen-bond donors (Lipinski definition) is 1. The lowest BCUT2D eigenvalue weighted by molar-refractivity contribution is -0.136. The summed E-state index contributed by atoms with van der Waals surface area (Å²) in [7, 11) is -3.95. The molecule has 6 rings (SSSR count). The van der Waals surface area contributed by atoms with E-state index >= 15 is 0 Å². The van der Waals surface area contributed by atoms with Gasteiger partial charge >= 0.3 is 16.4 Å². The molecule has 2 fully saturated rings. The van der Waals surface area contributed by atoms with Gasteiger partial charge in [0.05, 0.1) is 11.3 Å². The Hall–Kier alpha value is -2.20. The second-order valence-electron chi connectivity index (χ2n) is 11.7. The van der Waals surface area contributed by atoms with Crippen LogP contribution in [0, 0.1) is 17.8 Å². The number of allylic oxidation sites excluding steroid dienone is 2. The zero-order valence-electron chi connectivity index (χ0n) is 22.4. The van der Waals surface area contributed by atoms with E-state index in [0.29, 0.717) is 28.1 Å². The third-order valence-electron chi connectivity index (χ3n) is 9.38. The van der Waals surface area contributed by atoms with Crippen molar-refractivity contribution in [3.8, 4) is 0 Å². The smallest absolute Gasteiger partial charge is 0.285 e. The van der Waals surface area contributed by atoms with Gasteiger partial charge in [0.1, 0.15) is 6.54 Å². The van der Waals surface area contributed by atoms with Crippen molar-refractivity contribution in [1.29, 1.82) is 0 Å². The van der Waals surface area contributed by atoms with Gasteiger partial charge in [0.15, 0.2) is 0 Å². The Kier molecular flexibility index (Phi) is 7.17. The predicted molar refractivity (Wildman–Crippen MR) is 153 cm³/mol. The average Bonchev–Trinajstić information content (AvgIpc) is 3.16. The van der Waals surface area contributed by atoms with E-state index in [9.17, 15) is 21.6 Å². The van der Waals surface area contributed by atoms with Gasteiger partial charge in [0.25, 0.3) is 0 Å². The predicted octanol–water partition coefficient (Wildman–Crippen LogP) is 6.38. The van der Waals surface area contributed by atoms with Crippen LogP contribution in [0.2, 0.25) is 5.02 Å². The molecule has 2 heterocycles. The second-order valence-corrected chi connectivity index (χ2v) is 13.8. The highest BCUT2D eigenvalue weighted by molar-refractivity contribution is 7.87. The van der Waals surface area contributed by atoms with Gasteiger partial charge in [-0.1, -0.05) is 42.8 Å². The number of fused-ring (bicyclic) bond motifs is 1. The maximum Gasteiger partial charge on any atom is 0.421 e. The summed E-state index contributed by atoms with van der Waals surface area (Å²) in [5, 5.41) is 0.702. The standard InChI is InChI=1S/C30H33ClF3N3O2S/c1-2-19-11-12-35-28(16-27(19)20-5-9-26(31)10-6-20)22-4-3-21-14-24-7-8-25(15-23(21)13-22)29(24)17-37(18-30(32,33)34)40(38,39)36-29/h3-6,9-10,13,16,19,24-25H,2,7-8,11-12,14-15,17-18H2,1H3,(H,36,38,39)/p+1/t19?,24-,25+,29+/m0/s1. The second kappa shape index (κ2) is 10.3. The molecular formula is C30H34ClF3N3O2S+. The summed E-state index contributed by atoms with van der Waals surface area (Å²) in [5.74, 6) is 0.355. The maximum absolute atomic E-state index is 13.2. The van der Waals surface area contributed by atoms with Crippen LogP contribution in [0.15, 0.2) is 53.5 Å². The van der Waals surface area contributed by atoms with E-state index in [1.165, 1.54) is 11.1 Å². The third kappa shape index (κ3) is 5.14. The number of halogens is 4. The molecule has 2 N–H and O–H groups in total. The van der Waals surface area contributed by atoms with Crippen LogP contribution < -0.4 is 4.72 Å². The summed E-state index contributed by atoms with van der Waals surface area (Å²) in [6, 6.07) is 14.3. The Morgan fingerprint density at radius 2 is 1.75 bits per heavy atom. The molecule has 2 aliphatic carbocycles. The largest absolute Gasteiger partial charge is 0.421 e. The minimum absolute atomic E-state index is 0.00672. The quantitative estimate of drug-likeness (QED) is 0.412. The van der Waals surface area contributed by atoms with E-state index in [2.05, 4.69) is 48.1 Å². The van der Waals surface area contributed by atoms with Crippen LogP contribution in [0.3, 0.4) is 0 Å². The van der Waals surface area contributed by atoms with Gasteiger partial charge in [-0.05, 0) is 108 Å². The summed E-state index contributed by atoms with van der Waals surface area (Å²) in [6.07, 6.45) is 2.60. The third-order valence-corrected chi connectivity index (χ3v) is 11.2. The minimum Gasteiger partial charge on any atom is -0.285 e. The zero-order valence-corrected chi connectivity index (χ0v) is 24.0. The van der Waals surface area contributed by atoms with Crippen LogP contribution in [-0.4, -0.2) is 49.8 Å². The lowest BCUT2D eigenvalue weighted by Gasteiger charge is -2.33. The number of hydrogen-bond acceptors (Lipinski definition) is 2. The van der Waals surface area contributed by atoms with E-state index in [1.54, 1.807) is 0 Å². The Bertz CT molecular complexity index is 1470. The van der Waals surface area contributed by atoms with Crippen LogP contribution in [0.25, 0.3) is 5.57 Å². The highest BCUT2D eigenvalue weighted by Gasteiger charge is 2.62. The molecule has 2 aliphatic heterocycles. The van der Waals surface area contributed by atoms with Crippen molar-refractivity contribution in [2.45, 2.75) is 57.2 Å². The average molecular weight is 593 g/mol. The van der Waals surface area contributed by atoms with Crippen molar-refractivity contribution >= 4 is 33.1 Å². The van der Waals surface area contributed by atoms with Crippen molar-refractivity contribution in [3.63, 3.8) is 0 Å². The maximum atomic E-state index is 13.2. The first-order valence-corrected chi connectivity index (χ1v) is 15.8. The summed E-state index contributed by atoms with van der Waals surface area (Å²) in [6.45, 7) is 1.46. The summed E-state index contributed by atoms with van der Waals surface area (Å²) in [4.78, 5) is 4.96. The highest BCUT2D eigenvalue weighted by Crippen LogP contribution is 2.50. The Labute approximate surface area is 238 Å². The molecule has 2 aromatic carbocycles. The number of benzene rings is 2. The summed E-state index contributed by atoms with van der Waals surface area (Å²) in [5.41, 5.74) is 5.86. The molecule has 5 atom stereocenters. The molecule has 10 heteroatoms. The normalized spacial score (nSPS) is 32.4. The van der Waals surface area contributed by atoms with Crippen molar-refractivity contribution in [1.82, 2.24) is 9.03 Å². The van der Waals surface area contributed by atoms with Gasteiger partial charge in [0, 0.05) is 18.1 Å². The molecule has 214 valence electrons. The first-order chi connectivity index (χ1) is 19.0. The number of nitrogens with one attached hydrogen (secondary N) is 1. The van der Waals surface area contributed by atoms with Gasteiger partial charge in [-0.25, -0.2) is 4.21 Å². The van der Waals surface area contributed by atoms with E-state index < -0.39 is 28.5 Å². The van der Waals surface area contributed by atoms with Gasteiger partial charge in [-0.15, -0.1) is 8.51 Å². The fraction of sp³-hybridized carbons (Fsp3) is 0.500. The molecule has 1 saturated carbocycles. The van der Waals surface area contributed by atoms with E-state index in [4.69, 9.17) is 16.6 Å². The van der Waals surface area contributed by atoms with Gasteiger partial charge in [-0.2, -0.15) is 17.9 Å². The number of alkyl halides is 3. The lowest BCUT2D eigenvalue weighted by Crippen LogP contribution is -2.52. The SMILES string of the molecule is CCC1CCN=C(c2ccc3c(c2)C[C@H]2CC[C@@H](C3)[C@]23CN(CC(F)(F)F)S(=O)(=[OH+])N3)C=C1c1ccc(Cl)cc1.